The molecule has 2 aromatic rings. The number of carbonyl (C=O) groups is 1. The number of nitriles is 1. The Labute approximate surface area is 168 Å². The van der Waals surface area contributed by atoms with Gasteiger partial charge < -0.3 is 5.32 Å². The van der Waals surface area contributed by atoms with E-state index in [0.717, 1.165) is 31.2 Å². The van der Waals surface area contributed by atoms with Crippen LogP contribution < -0.4 is 5.32 Å². The predicted molar refractivity (Wildman–Crippen MR) is 110 cm³/mol. The number of benzene rings is 1. The van der Waals surface area contributed by atoms with Crippen molar-refractivity contribution < 1.29 is 9.72 Å². The fourth-order valence-electron chi connectivity index (χ4n) is 3.68. The smallest absolute Gasteiger partial charge is 0.270 e. The predicted octanol–water partition coefficient (Wildman–Crippen LogP) is 5.32. The first-order valence-electron chi connectivity index (χ1n) is 9.37. The van der Waals surface area contributed by atoms with Crippen LogP contribution in [0.1, 0.15) is 60.0 Å². The Balaban J connectivity index is 1.86. The van der Waals surface area contributed by atoms with Crippen molar-refractivity contribution in [2.24, 2.45) is 11.3 Å². The zero-order valence-corrected chi connectivity index (χ0v) is 17.1. The van der Waals surface area contributed by atoms with Crippen LogP contribution in [0.3, 0.4) is 0 Å². The van der Waals surface area contributed by atoms with Gasteiger partial charge in [-0.1, -0.05) is 33.3 Å². The van der Waals surface area contributed by atoms with Crippen molar-refractivity contribution in [3.63, 3.8) is 0 Å². The number of amides is 1. The van der Waals surface area contributed by atoms with E-state index in [9.17, 15) is 20.2 Å². The number of carbonyl (C=O) groups excluding carboxylic acids is 1. The lowest BCUT2D eigenvalue weighted by Crippen LogP contribution is -2.28. The Hall–Kier alpha value is -2.72. The second-order valence-corrected chi connectivity index (χ2v) is 8.97. The average molecular weight is 398 g/mol. The molecule has 1 aliphatic carbocycles. The normalized spacial score (nSPS) is 16.1. The van der Waals surface area contributed by atoms with E-state index < -0.39 is 10.8 Å². The molecule has 1 N–H and O–H groups in total. The molecular formula is C21H23N3O3S. The molecule has 0 saturated carbocycles. The third kappa shape index (κ3) is 3.78. The minimum atomic E-state index is -0.531. The largest absolute Gasteiger partial charge is 0.312 e. The molecule has 1 heterocycles. The monoisotopic (exact) mass is 397 g/mol. The first-order valence-corrected chi connectivity index (χ1v) is 10.2. The highest BCUT2D eigenvalue weighted by Gasteiger charge is 2.34. The van der Waals surface area contributed by atoms with Crippen LogP contribution in [0.15, 0.2) is 24.3 Å². The Morgan fingerprint density at radius 1 is 1.46 bits per heavy atom. The van der Waals surface area contributed by atoms with Crippen LogP contribution in [-0.2, 0) is 12.8 Å². The summed E-state index contributed by atoms with van der Waals surface area (Å²) in [5, 5.41) is 23.9. The number of thiophene rings is 1. The third-order valence-corrected chi connectivity index (χ3v) is 7.11. The lowest BCUT2D eigenvalue weighted by molar-refractivity contribution is -0.384. The SMILES string of the molecule is CCC(C)(C)C1CCc2c(sc(NC(=O)c3cccc([N+](=O)[O-])c3)c2C#N)C1. The number of non-ortho nitro benzene ring substituents is 1. The van der Waals surface area contributed by atoms with E-state index in [4.69, 9.17) is 0 Å². The first-order chi connectivity index (χ1) is 13.3. The number of nitro benzene ring substituents is 1. The Bertz CT molecular complexity index is 972. The molecular weight excluding hydrogens is 374 g/mol. The van der Waals surface area contributed by atoms with Crippen LogP contribution in [0.25, 0.3) is 0 Å². The molecule has 0 spiro atoms. The van der Waals surface area contributed by atoms with E-state index >= 15 is 0 Å². The molecule has 0 saturated heterocycles. The number of anilines is 1. The van der Waals surface area contributed by atoms with Gasteiger partial charge in [0.05, 0.1) is 10.5 Å². The minimum absolute atomic E-state index is 0.136. The molecule has 3 rings (SSSR count). The molecule has 1 aromatic carbocycles. The van der Waals surface area contributed by atoms with E-state index in [0.29, 0.717) is 16.5 Å². The Morgan fingerprint density at radius 2 is 2.21 bits per heavy atom. The van der Waals surface area contributed by atoms with Gasteiger partial charge in [-0.05, 0) is 42.2 Å². The van der Waals surface area contributed by atoms with Gasteiger partial charge in [-0.2, -0.15) is 5.26 Å². The number of hydrogen-bond acceptors (Lipinski definition) is 5. The van der Waals surface area contributed by atoms with Gasteiger partial charge in [0.15, 0.2) is 0 Å². The summed E-state index contributed by atoms with van der Waals surface area (Å²) in [6.07, 6.45) is 3.90. The molecule has 1 amide bonds. The van der Waals surface area contributed by atoms with Crippen LogP contribution in [-0.4, -0.2) is 10.8 Å². The van der Waals surface area contributed by atoms with Gasteiger partial charge in [0.25, 0.3) is 11.6 Å². The highest BCUT2D eigenvalue weighted by Crippen LogP contribution is 2.45. The van der Waals surface area contributed by atoms with Crippen LogP contribution in [0.2, 0.25) is 0 Å². The second-order valence-electron chi connectivity index (χ2n) is 7.86. The first kappa shape index (κ1) is 20.0. The number of nitrogens with one attached hydrogen (secondary N) is 1. The Morgan fingerprint density at radius 3 is 2.86 bits per heavy atom. The maximum atomic E-state index is 12.6. The van der Waals surface area contributed by atoms with Gasteiger partial charge in [0.1, 0.15) is 11.1 Å². The zero-order chi connectivity index (χ0) is 20.5. The molecule has 28 heavy (non-hydrogen) atoms. The van der Waals surface area contributed by atoms with E-state index in [1.54, 1.807) is 0 Å². The van der Waals surface area contributed by atoms with Gasteiger partial charge in [-0.15, -0.1) is 11.3 Å². The van der Waals surface area contributed by atoms with Crippen LogP contribution in [0.4, 0.5) is 10.7 Å². The fraction of sp³-hybridized carbons (Fsp3) is 0.429. The summed E-state index contributed by atoms with van der Waals surface area (Å²) in [7, 11) is 0. The number of fused-ring (bicyclic) bond motifs is 1. The molecule has 0 bridgehead atoms. The molecule has 1 atom stereocenters. The van der Waals surface area contributed by atoms with Gasteiger partial charge in [0.2, 0.25) is 0 Å². The van der Waals surface area contributed by atoms with Gasteiger partial charge in [-0.25, -0.2) is 0 Å². The fourth-order valence-corrected chi connectivity index (χ4v) is 4.96. The van der Waals surface area contributed by atoms with Crippen molar-refractivity contribution in [3.05, 3.63) is 55.9 Å². The molecule has 0 radical (unpaired) electrons. The van der Waals surface area contributed by atoms with Crippen molar-refractivity contribution in [1.82, 2.24) is 0 Å². The molecule has 0 aliphatic heterocycles. The van der Waals surface area contributed by atoms with Gasteiger partial charge in [-0.3, -0.25) is 14.9 Å². The zero-order valence-electron chi connectivity index (χ0n) is 16.2. The molecule has 1 aliphatic rings. The highest BCUT2D eigenvalue weighted by molar-refractivity contribution is 7.16. The van der Waals surface area contributed by atoms with Gasteiger partial charge in [0, 0.05) is 22.6 Å². The summed E-state index contributed by atoms with van der Waals surface area (Å²) in [6.45, 7) is 6.77. The maximum absolute atomic E-state index is 12.6. The van der Waals surface area contributed by atoms with Crippen molar-refractivity contribution in [1.29, 1.82) is 5.26 Å². The molecule has 146 valence electrons. The van der Waals surface area contributed by atoms with Crippen molar-refractivity contribution in [3.8, 4) is 6.07 Å². The number of nitro groups is 1. The standard InChI is InChI=1S/C21H23N3O3S/c1-4-21(2,3)14-8-9-16-17(12-22)20(28-18(16)11-14)23-19(25)13-6-5-7-15(10-13)24(26)27/h5-7,10,14H,4,8-9,11H2,1-3H3,(H,23,25). The molecule has 0 fully saturated rings. The number of hydrogen-bond donors (Lipinski definition) is 1. The molecule has 1 aromatic heterocycles. The maximum Gasteiger partial charge on any atom is 0.270 e. The van der Waals surface area contributed by atoms with E-state index in [2.05, 4.69) is 32.2 Å². The number of rotatable bonds is 5. The summed E-state index contributed by atoms with van der Waals surface area (Å²) in [5.41, 5.74) is 1.88. The summed E-state index contributed by atoms with van der Waals surface area (Å²) in [6, 6.07) is 7.84. The summed E-state index contributed by atoms with van der Waals surface area (Å²) in [5.74, 6) is 0.111. The van der Waals surface area contributed by atoms with Crippen molar-refractivity contribution in [2.45, 2.75) is 46.5 Å². The summed E-state index contributed by atoms with van der Waals surface area (Å²) < 4.78 is 0. The van der Waals surface area contributed by atoms with Crippen LogP contribution >= 0.6 is 11.3 Å². The second kappa shape index (κ2) is 7.72. The average Bonchev–Trinajstić information content (AvgIpc) is 3.03. The lowest BCUT2D eigenvalue weighted by Gasteiger charge is -2.36. The quantitative estimate of drug-likeness (QED) is 0.545. The minimum Gasteiger partial charge on any atom is -0.312 e. The Kier molecular flexibility index (Phi) is 5.52. The highest BCUT2D eigenvalue weighted by atomic mass is 32.1. The van der Waals surface area contributed by atoms with Crippen molar-refractivity contribution >= 4 is 27.9 Å². The summed E-state index contributed by atoms with van der Waals surface area (Å²) in [4.78, 5) is 24.2. The van der Waals surface area contributed by atoms with E-state index in [1.165, 1.54) is 40.5 Å². The number of nitrogens with zero attached hydrogens (tertiary/aromatic N) is 2. The third-order valence-electron chi connectivity index (χ3n) is 5.94. The molecule has 1 unspecified atom stereocenters. The van der Waals surface area contributed by atoms with Crippen LogP contribution in [0.5, 0.6) is 0 Å². The van der Waals surface area contributed by atoms with Crippen LogP contribution in [0, 0.1) is 32.8 Å². The van der Waals surface area contributed by atoms with E-state index in [1.807, 2.05) is 0 Å². The van der Waals surface area contributed by atoms with E-state index in [-0.39, 0.29) is 16.7 Å². The molecule has 7 heteroatoms. The molecule has 6 nitrogen and oxygen atoms in total. The lowest BCUT2D eigenvalue weighted by atomic mass is 9.69. The van der Waals surface area contributed by atoms with Crippen molar-refractivity contribution in [2.75, 3.05) is 5.32 Å². The topological polar surface area (TPSA) is 96.0 Å². The summed E-state index contributed by atoms with van der Waals surface area (Å²) >= 11 is 1.46. The van der Waals surface area contributed by atoms with Gasteiger partial charge >= 0.3 is 0 Å².